The SMILES string of the molecule is Cc1oc2c(CN(C)C)c(O)ccc2c(=O)c1-c1ccccc1Cl. The number of phenolic OH excluding ortho intramolecular Hbond substituents is 1. The average molecular weight is 344 g/mol. The predicted molar refractivity (Wildman–Crippen MR) is 96.7 cm³/mol. The molecule has 0 atom stereocenters. The fraction of sp³-hybridized carbons (Fsp3) is 0.211. The summed E-state index contributed by atoms with van der Waals surface area (Å²) in [6.45, 7) is 2.21. The number of aromatic hydroxyl groups is 1. The number of benzene rings is 2. The van der Waals surface area contributed by atoms with Crippen molar-refractivity contribution in [2.45, 2.75) is 13.5 Å². The predicted octanol–water partition coefficient (Wildman–Crippen LogP) is 4.19. The van der Waals surface area contributed by atoms with Gasteiger partial charge in [-0.3, -0.25) is 4.79 Å². The minimum atomic E-state index is -0.151. The molecule has 4 nitrogen and oxygen atoms in total. The van der Waals surface area contributed by atoms with Gasteiger partial charge >= 0.3 is 0 Å². The van der Waals surface area contributed by atoms with Gasteiger partial charge in [-0.15, -0.1) is 0 Å². The van der Waals surface area contributed by atoms with E-state index < -0.39 is 0 Å². The summed E-state index contributed by atoms with van der Waals surface area (Å²) in [4.78, 5) is 14.9. The van der Waals surface area contributed by atoms with Crippen molar-refractivity contribution in [2.75, 3.05) is 14.1 Å². The second-order valence-corrected chi connectivity index (χ2v) is 6.43. The van der Waals surface area contributed by atoms with Crippen molar-refractivity contribution in [3.05, 3.63) is 63.0 Å². The van der Waals surface area contributed by atoms with Crippen molar-refractivity contribution in [1.29, 1.82) is 0 Å². The lowest BCUT2D eigenvalue weighted by molar-refractivity contribution is 0.383. The van der Waals surface area contributed by atoms with Gasteiger partial charge < -0.3 is 14.4 Å². The van der Waals surface area contributed by atoms with E-state index in [9.17, 15) is 9.90 Å². The summed E-state index contributed by atoms with van der Waals surface area (Å²) in [6, 6.07) is 10.3. The second kappa shape index (κ2) is 6.30. The van der Waals surface area contributed by atoms with Gasteiger partial charge in [-0.25, -0.2) is 0 Å². The van der Waals surface area contributed by atoms with E-state index in [2.05, 4.69) is 0 Å². The van der Waals surface area contributed by atoms with Crippen LogP contribution in [0.5, 0.6) is 5.75 Å². The maximum atomic E-state index is 13.0. The molecule has 0 amide bonds. The van der Waals surface area contributed by atoms with Gasteiger partial charge in [0.15, 0.2) is 0 Å². The Morgan fingerprint density at radius 2 is 1.88 bits per heavy atom. The van der Waals surface area contributed by atoms with E-state index in [0.717, 1.165) is 0 Å². The summed E-state index contributed by atoms with van der Waals surface area (Å²) in [5, 5.41) is 11.1. The summed E-state index contributed by atoms with van der Waals surface area (Å²) in [6.07, 6.45) is 0. The number of phenols is 1. The van der Waals surface area contributed by atoms with Gasteiger partial charge in [-0.05, 0) is 39.2 Å². The first-order chi connectivity index (χ1) is 11.4. The number of nitrogens with zero attached hydrogens (tertiary/aromatic N) is 1. The van der Waals surface area contributed by atoms with Crippen molar-refractivity contribution >= 4 is 22.6 Å². The van der Waals surface area contributed by atoms with Crippen molar-refractivity contribution in [3.8, 4) is 16.9 Å². The Balaban J connectivity index is 2.36. The van der Waals surface area contributed by atoms with Gasteiger partial charge in [-0.1, -0.05) is 29.8 Å². The summed E-state index contributed by atoms with van der Waals surface area (Å²) < 4.78 is 5.95. The van der Waals surface area contributed by atoms with Crippen LogP contribution in [-0.2, 0) is 6.54 Å². The Hall–Kier alpha value is -2.30. The van der Waals surface area contributed by atoms with Gasteiger partial charge in [0.1, 0.15) is 17.1 Å². The van der Waals surface area contributed by atoms with E-state index in [1.165, 1.54) is 6.07 Å². The third-order valence-corrected chi connectivity index (χ3v) is 4.26. The van der Waals surface area contributed by atoms with E-state index in [0.29, 0.717) is 45.0 Å². The second-order valence-electron chi connectivity index (χ2n) is 6.02. The quantitative estimate of drug-likeness (QED) is 0.774. The molecule has 0 aliphatic heterocycles. The lowest BCUT2D eigenvalue weighted by atomic mass is 10.0. The van der Waals surface area contributed by atoms with Gasteiger partial charge in [-0.2, -0.15) is 0 Å². The van der Waals surface area contributed by atoms with Crippen LogP contribution in [0.3, 0.4) is 0 Å². The van der Waals surface area contributed by atoms with Crippen LogP contribution < -0.4 is 5.43 Å². The van der Waals surface area contributed by atoms with Gasteiger partial charge in [0.25, 0.3) is 0 Å². The first-order valence-corrected chi connectivity index (χ1v) is 7.96. The Kier molecular flexibility index (Phi) is 4.35. The number of rotatable bonds is 3. The molecule has 0 aliphatic carbocycles. The molecule has 1 aromatic heterocycles. The van der Waals surface area contributed by atoms with Gasteiger partial charge in [0.2, 0.25) is 5.43 Å². The Morgan fingerprint density at radius 1 is 1.17 bits per heavy atom. The molecule has 24 heavy (non-hydrogen) atoms. The largest absolute Gasteiger partial charge is 0.507 e. The van der Waals surface area contributed by atoms with Crippen LogP contribution >= 0.6 is 11.6 Å². The van der Waals surface area contributed by atoms with Crippen molar-refractivity contribution < 1.29 is 9.52 Å². The molecule has 0 spiro atoms. The summed E-state index contributed by atoms with van der Waals surface area (Å²) in [5.41, 5.74) is 1.97. The van der Waals surface area contributed by atoms with Crippen LogP contribution in [0.1, 0.15) is 11.3 Å². The van der Waals surface area contributed by atoms with Crippen LogP contribution in [-0.4, -0.2) is 24.1 Å². The Bertz CT molecular complexity index is 976. The molecule has 2 aromatic carbocycles. The Labute approximate surface area is 144 Å². The highest BCUT2D eigenvalue weighted by Gasteiger charge is 2.19. The third-order valence-electron chi connectivity index (χ3n) is 3.93. The molecule has 3 aromatic rings. The summed E-state index contributed by atoms with van der Waals surface area (Å²) >= 11 is 6.25. The first kappa shape index (κ1) is 16.6. The van der Waals surface area contributed by atoms with E-state index >= 15 is 0 Å². The topological polar surface area (TPSA) is 53.7 Å². The fourth-order valence-electron chi connectivity index (χ4n) is 2.86. The average Bonchev–Trinajstić information content (AvgIpc) is 2.52. The molecule has 0 radical (unpaired) electrons. The molecule has 1 N–H and O–H groups in total. The molecule has 0 saturated carbocycles. The summed E-state index contributed by atoms with van der Waals surface area (Å²) in [5.74, 6) is 0.593. The number of hydrogen-bond acceptors (Lipinski definition) is 4. The number of fused-ring (bicyclic) bond motifs is 1. The molecule has 0 saturated heterocycles. The fourth-order valence-corrected chi connectivity index (χ4v) is 3.09. The van der Waals surface area contributed by atoms with E-state index in [1.54, 1.807) is 25.1 Å². The molecule has 124 valence electrons. The van der Waals surface area contributed by atoms with E-state index in [4.69, 9.17) is 16.0 Å². The minimum absolute atomic E-state index is 0.115. The maximum absolute atomic E-state index is 13.0. The molecule has 0 bridgehead atoms. The van der Waals surface area contributed by atoms with Crippen molar-refractivity contribution in [3.63, 3.8) is 0 Å². The van der Waals surface area contributed by atoms with Gasteiger partial charge in [0.05, 0.1) is 16.5 Å². The smallest absolute Gasteiger partial charge is 0.200 e. The highest BCUT2D eigenvalue weighted by Crippen LogP contribution is 2.33. The van der Waals surface area contributed by atoms with Crippen LogP contribution in [0.4, 0.5) is 0 Å². The number of hydrogen-bond donors (Lipinski definition) is 1. The lowest BCUT2D eigenvalue weighted by Gasteiger charge is -2.15. The Morgan fingerprint density at radius 3 is 2.54 bits per heavy atom. The van der Waals surface area contributed by atoms with Crippen LogP contribution in [0.15, 0.2) is 45.6 Å². The van der Waals surface area contributed by atoms with Crippen LogP contribution in [0.2, 0.25) is 5.02 Å². The normalized spacial score (nSPS) is 11.4. The van der Waals surface area contributed by atoms with E-state index in [-0.39, 0.29) is 11.2 Å². The van der Waals surface area contributed by atoms with Gasteiger partial charge in [0, 0.05) is 17.1 Å². The zero-order chi connectivity index (χ0) is 17.4. The van der Waals surface area contributed by atoms with Crippen molar-refractivity contribution in [2.24, 2.45) is 0 Å². The number of halogens is 1. The zero-order valence-corrected chi connectivity index (χ0v) is 14.5. The monoisotopic (exact) mass is 343 g/mol. The molecule has 0 aliphatic rings. The molecule has 0 unspecified atom stereocenters. The maximum Gasteiger partial charge on any atom is 0.200 e. The van der Waals surface area contributed by atoms with Crippen molar-refractivity contribution in [1.82, 2.24) is 4.90 Å². The number of aryl methyl sites for hydroxylation is 1. The molecule has 0 fully saturated rings. The molecule has 3 rings (SSSR count). The van der Waals surface area contributed by atoms with Crippen LogP contribution in [0.25, 0.3) is 22.1 Å². The zero-order valence-electron chi connectivity index (χ0n) is 13.8. The van der Waals surface area contributed by atoms with E-state index in [1.807, 2.05) is 31.1 Å². The standard InChI is InChI=1S/C19H18ClNO3/c1-11-17(12-6-4-5-7-15(12)20)18(23)13-8-9-16(22)14(10-21(2)3)19(13)24-11/h4-9,22H,10H2,1-3H3. The highest BCUT2D eigenvalue weighted by atomic mass is 35.5. The molecular weight excluding hydrogens is 326 g/mol. The minimum Gasteiger partial charge on any atom is -0.507 e. The molecule has 5 heteroatoms. The molecular formula is C19H18ClNO3. The lowest BCUT2D eigenvalue weighted by Crippen LogP contribution is -2.13. The highest BCUT2D eigenvalue weighted by molar-refractivity contribution is 6.33. The third kappa shape index (κ3) is 2.79. The summed E-state index contributed by atoms with van der Waals surface area (Å²) in [7, 11) is 3.78. The first-order valence-electron chi connectivity index (χ1n) is 7.58. The molecule has 1 heterocycles. The van der Waals surface area contributed by atoms with Crippen LogP contribution in [0, 0.1) is 6.92 Å².